The quantitative estimate of drug-likeness (QED) is 0.544. The van der Waals surface area contributed by atoms with E-state index in [-0.39, 0.29) is 23.8 Å². The van der Waals surface area contributed by atoms with Crippen molar-refractivity contribution in [1.82, 2.24) is 19.3 Å². The van der Waals surface area contributed by atoms with E-state index in [0.717, 1.165) is 21.9 Å². The van der Waals surface area contributed by atoms with E-state index >= 15 is 0 Å². The van der Waals surface area contributed by atoms with Gasteiger partial charge in [-0.3, -0.25) is 4.90 Å². The number of hydrogen-bond acceptors (Lipinski definition) is 7. The Morgan fingerprint density at radius 3 is 2.47 bits per heavy atom. The van der Waals surface area contributed by atoms with Crippen molar-refractivity contribution in [2.75, 3.05) is 26.2 Å². The summed E-state index contributed by atoms with van der Waals surface area (Å²) < 4.78 is 71.3. The Bertz CT molecular complexity index is 1210. The monoisotopic (exact) mass is 486 g/mol. The van der Waals surface area contributed by atoms with Crippen LogP contribution in [0.25, 0.3) is 11.4 Å². The summed E-state index contributed by atoms with van der Waals surface area (Å²) in [5, 5.41) is 3.80. The average Bonchev–Trinajstić information content (AvgIpc) is 3.34. The van der Waals surface area contributed by atoms with Crippen molar-refractivity contribution in [1.29, 1.82) is 0 Å². The Morgan fingerprint density at radius 1 is 1.12 bits per heavy atom. The Morgan fingerprint density at radius 2 is 1.84 bits per heavy atom. The number of rotatable bonds is 5. The molecule has 0 saturated carbocycles. The third-order valence-corrected chi connectivity index (χ3v) is 8.34. The van der Waals surface area contributed by atoms with Gasteiger partial charge >= 0.3 is 6.18 Å². The van der Waals surface area contributed by atoms with Crippen molar-refractivity contribution < 1.29 is 26.1 Å². The summed E-state index contributed by atoms with van der Waals surface area (Å²) in [7, 11) is -3.54. The number of sulfonamides is 1. The molecule has 0 spiro atoms. The van der Waals surface area contributed by atoms with Crippen LogP contribution < -0.4 is 0 Å². The highest BCUT2D eigenvalue weighted by molar-refractivity contribution is 7.89. The summed E-state index contributed by atoms with van der Waals surface area (Å²) in [6.07, 6.45) is -4.46. The van der Waals surface area contributed by atoms with Gasteiger partial charge < -0.3 is 4.52 Å². The summed E-state index contributed by atoms with van der Waals surface area (Å²) in [6, 6.07) is 6.45. The minimum absolute atomic E-state index is 0.0793. The number of thiophene rings is 1. The van der Waals surface area contributed by atoms with Gasteiger partial charge in [0.05, 0.1) is 17.0 Å². The number of alkyl halides is 3. The SMILES string of the molecule is Cc1cc(S(=O)(=O)N2CCN(Cc3nc(-c4cccc(C(F)(F)F)c4)no3)CC2)c(C)s1. The fourth-order valence-corrected chi connectivity index (χ4v) is 6.54. The number of benzene rings is 1. The number of halogens is 3. The normalized spacial score (nSPS) is 16.5. The molecule has 0 bridgehead atoms. The first kappa shape index (κ1) is 22.9. The van der Waals surface area contributed by atoms with Crippen LogP contribution in [-0.4, -0.2) is 53.9 Å². The first-order valence-electron chi connectivity index (χ1n) is 9.84. The Labute approximate surface area is 187 Å². The van der Waals surface area contributed by atoms with Crippen molar-refractivity contribution >= 4 is 21.4 Å². The fraction of sp³-hybridized carbons (Fsp3) is 0.400. The van der Waals surface area contributed by atoms with E-state index in [2.05, 4.69) is 10.1 Å². The smallest absolute Gasteiger partial charge is 0.338 e. The van der Waals surface area contributed by atoms with Crippen molar-refractivity contribution in [3.8, 4) is 11.4 Å². The summed E-state index contributed by atoms with van der Waals surface area (Å²) in [5.41, 5.74) is -0.568. The molecule has 1 aliphatic heterocycles. The van der Waals surface area contributed by atoms with Gasteiger partial charge in [-0.1, -0.05) is 17.3 Å². The first-order valence-corrected chi connectivity index (χ1v) is 12.1. The topological polar surface area (TPSA) is 79.5 Å². The molecule has 0 N–H and O–H groups in total. The predicted molar refractivity (Wildman–Crippen MR) is 113 cm³/mol. The zero-order chi connectivity index (χ0) is 23.1. The standard InChI is InChI=1S/C20H21F3N4O3S2/c1-13-10-17(14(2)31-13)32(28,29)27-8-6-26(7-9-27)12-18-24-19(25-30-18)15-4-3-5-16(11-15)20(21,22)23/h3-5,10-11H,6-9,12H2,1-2H3. The van der Waals surface area contributed by atoms with Gasteiger partial charge in [0.1, 0.15) is 0 Å². The van der Waals surface area contributed by atoms with Gasteiger partial charge in [-0.25, -0.2) is 8.42 Å². The highest BCUT2D eigenvalue weighted by atomic mass is 32.2. The molecule has 12 heteroatoms. The highest BCUT2D eigenvalue weighted by Crippen LogP contribution is 2.32. The van der Waals surface area contributed by atoms with Gasteiger partial charge in [0.15, 0.2) is 0 Å². The molecule has 2 aromatic heterocycles. The number of piperazine rings is 1. The molecule has 7 nitrogen and oxygen atoms in total. The largest absolute Gasteiger partial charge is 0.416 e. The molecule has 1 aromatic carbocycles. The van der Waals surface area contributed by atoms with E-state index in [4.69, 9.17) is 4.52 Å². The zero-order valence-corrected chi connectivity index (χ0v) is 19.0. The molecule has 32 heavy (non-hydrogen) atoms. The second-order valence-corrected chi connectivity index (χ2v) is 10.9. The Balaban J connectivity index is 1.39. The van der Waals surface area contributed by atoms with Gasteiger partial charge in [-0.15, -0.1) is 11.3 Å². The molecular formula is C20H21F3N4O3S2. The maximum absolute atomic E-state index is 12.9. The van der Waals surface area contributed by atoms with Gasteiger partial charge in [-0.05, 0) is 32.0 Å². The highest BCUT2D eigenvalue weighted by Gasteiger charge is 2.32. The van der Waals surface area contributed by atoms with Crippen molar-refractivity contribution in [2.45, 2.75) is 31.5 Å². The molecule has 0 unspecified atom stereocenters. The lowest BCUT2D eigenvalue weighted by Crippen LogP contribution is -2.48. The molecule has 1 aliphatic rings. The van der Waals surface area contributed by atoms with Crippen LogP contribution in [0.5, 0.6) is 0 Å². The molecule has 1 saturated heterocycles. The molecule has 3 aromatic rings. The van der Waals surface area contributed by atoms with Gasteiger partial charge in [0, 0.05) is 41.5 Å². The summed E-state index contributed by atoms with van der Waals surface area (Å²) >= 11 is 1.46. The molecule has 4 rings (SSSR count). The second-order valence-electron chi connectivity index (χ2n) is 7.55. The fourth-order valence-electron chi connectivity index (χ4n) is 3.59. The summed E-state index contributed by atoms with van der Waals surface area (Å²) in [5.74, 6) is 0.341. The average molecular weight is 487 g/mol. The van der Waals surface area contributed by atoms with Crippen LogP contribution in [0.4, 0.5) is 13.2 Å². The Hall–Kier alpha value is -2.28. The van der Waals surface area contributed by atoms with Gasteiger partial charge in [0.25, 0.3) is 0 Å². The van der Waals surface area contributed by atoms with E-state index in [1.54, 1.807) is 13.0 Å². The van der Waals surface area contributed by atoms with Crippen LogP contribution in [0.1, 0.15) is 21.2 Å². The maximum atomic E-state index is 12.9. The molecule has 0 amide bonds. The van der Waals surface area contributed by atoms with Crippen LogP contribution in [0.2, 0.25) is 0 Å². The van der Waals surface area contributed by atoms with Crippen molar-refractivity contribution in [3.63, 3.8) is 0 Å². The van der Waals surface area contributed by atoms with Crippen LogP contribution in [0.15, 0.2) is 39.8 Å². The molecule has 1 fully saturated rings. The predicted octanol–water partition coefficient (Wildman–Crippen LogP) is 3.94. The van der Waals surface area contributed by atoms with E-state index in [9.17, 15) is 21.6 Å². The van der Waals surface area contributed by atoms with E-state index in [0.29, 0.717) is 31.1 Å². The lowest BCUT2D eigenvalue weighted by molar-refractivity contribution is -0.137. The lowest BCUT2D eigenvalue weighted by atomic mass is 10.1. The third-order valence-electron chi connectivity index (χ3n) is 5.22. The molecular weight excluding hydrogens is 465 g/mol. The first-order chi connectivity index (χ1) is 15.0. The van der Waals surface area contributed by atoms with Gasteiger partial charge in [0.2, 0.25) is 21.7 Å². The van der Waals surface area contributed by atoms with Crippen LogP contribution in [0, 0.1) is 13.8 Å². The van der Waals surface area contributed by atoms with Crippen LogP contribution >= 0.6 is 11.3 Å². The number of aryl methyl sites for hydroxylation is 2. The minimum Gasteiger partial charge on any atom is -0.338 e. The number of aromatic nitrogens is 2. The molecule has 0 atom stereocenters. The second kappa shape index (κ2) is 8.58. The van der Waals surface area contributed by atoms with Crippen LogP contribution in [-0.2, 0) is 22.7 Å². The summed E-state index contributed by atoms with van der Waals surface area (Å²) in [6.45, 7) is 5.57. The Kier molecular flexibility index (Phi) is 6.14. The molecule has 172 valence electrons. The van der Waals surface area contributed by atoms with E-state index < -0.39 is 21.8 Å². The van der Waals surface area contributed by atoms with E-state index in [1.807, 2.05) is 11.8 Å². The number of nitrogens with zero attached hydrogens (tertiary/aromatic N) is 4. The molecule has 0 aliphatic carbocycles. The van der Waals surface area contributed by atoms with Gasteiger partial charge in [-0.2, -0.15) is 22.5 Å². The van der Waals surface area contributed by atoms with Crippen LogP contribution in [0.3, 0.4) is 0 Å². The zero-order valence-electron chi connectivity index (χ0n) is 17.4. The third kappa shape index (κ3) is 4.72. The van der Waals surface area contributed by atoms with E-state index in [1.165, 1.54) is 27.8 Å². The maximum Gasteiger partial charge on any atom is 0.416 e. The molecule has 0 radical (unpaired) electrons. The lowest BCUT2D eigenvalue weighted by Gasteiger charge is -2.33. The summed E-state index contributed by atoms with van der Waals surface area (Å²) in [4.78, 5) is 8.27. The van der Waals surface area contributed by atoms with Crippen molar-refractivity contribution in [3.05, 3.63) is 51.5 Å². The number of hydrogen-bond donors (Lipinski definition) is 0. The van der Waals surface area contributed by atoms with Crippen molar-refractivity contribution in [2.24, 2.45) is 0 Å². The minimum atomic E-state index is -4.46. The molecule has 3 heterocycles.